The van der Waals surface area contributed by atoms with Crippen LogP contribution in [0.25, 0.3) is 0 Å². The second-order valence-electron chi connectivity index (χ2n) is 6.31. The summed E-state index contributed by atoms with van der Waals surface area (Å²) >= 11 is 0. The highest BCUT2D eigenvalue weighted by Gasteiger charge is 2.25. The van der Waals surface area contributed by atoms with E-state index in [0.29, 0.717) is 6.04 Å². The van der Waals surface area contributed by atoms with Crippen molar-refractivity contribution < 1.29 is 0 Å². The van der Waals surface area contributed by atoms with E-state index in [9.17, 15) is 0 Å². The van der Waals surface area contributed by atoms with E-state index in [1.54, 1.807) is 0 Å². The molecule has 0 aromatic carbocycles. The zero-order chi connectivity index (χ0) is 13.7. The molecule has 1 aliphatic rings. The largest absolute Gasteiger partial charge is 0.327 e. The van der Waals surface area contributed by atoms with E-state index in [1.807, 2.05) is 17.9 Å². The molecule has 2 rings (SSSR count). The monoisotopic (exact) mass is 263 g/mol. The molecular weight excluding hydrogens is 234 g/mol. The summed E-state index contributed by atoms with van der Waals surface area (Å²) in [7, 11) is 1.97. The topological polar surface area (TPSA) is 43.8 Å². The van der Waals surface area contributed by atoms with Gasteiger partial charge in [-0.2, -0.15) is 5.10 Å². The van der Waals surface area contributed by atoms with Crippen LogP contribution in [0.15, 0.2) is 12.4 Å². The van der Waals surface area contributed by atoms with Crippen LogP contribution in [0.4, 0.5) is 0 Å². The van der Waals surface area contributed by atoms with Crippen molar-refractivity contribution in [2.45, 2.75) is 64.3 Å². The minimum absolute atomic E-state index is 0.316. The van der Waals surface area contributed by atoms with Crippen molar-refractivity contribution in [2.75, 3.05) is 0 Å². The predicted octanol–water partition coefficient (Wildman–Crippen LogP) is 3.29. The normalized spacial score (nSPS) is 25.4. The van der Waals surface area contributed by atoms with Gasteiger partial charge in [0, 0.05) is 19.3 Å². The van der Waals surface area contributed by atoms with E-state index in [-0.39, 0.29) is 0 Å². The molecule has 19 heavy (non-hydrogen) atoms. The minimum atomic E-state index is 0.316. The van der Waals surface area contributed by atoms with Crippen molar-refractivity contribution in [3.8, 4) is 0 Å². The van der Waals surface area contributed by atoms with Gasteiger partial charge in [0.15, 0.2) is 0 Å². The summed E-state index contributed by atoms with van der Waals surface area (Å²) in [6.45, 7) is 2.29. The smallest absolute Gasteiger partial charge is 0.0522 e. The average molecular weight is 263 g/mol. The summed E-state index contributed by atoms with van der Waals surface area (Å²) < 4.78 is 1.86. The van der Waals surface area contributed by atoms with E-state index in [2.05, 4.69) is 18.2 Å². The number of aromatic nitrogens is 2. The summed E-state index contributed by atoms with van der Waals surface area (Å²) in [6.07, 6.45) is 14.6. The van der Waals surface area contributed by atoms with E-state index >= 15 is 0 Å². The molecule has 0 amide bonds. The number of rotatable bonds is 6. The molecule has 1 aliphatic carbocycles. The Balaban J connectivity index is 1.74. The maximum absolute atomic E-state index is 6.40. The van der Waals surface area contributed by atoms with Crippen LogP contribution in [0.5, 0.6) is 0 Å². The van der Waals surface area contributed by atoms with E-state index in [0.717, 1.165) is 18.3 Å². The quantitative estimate of drug-likeness (QED) is 0.856. The molecule has 0 bridgehead atoms. The number of hydrogen-bond donors (Lipinski definition) is 1. The van der Waals surface area contributed by atoms with Gasteiger partial charge in [0.2, 0.25) is 0 Å². The van der Waals surface area contributed by atoms with Gasteiger partial charge in [-0.15, -0.1) is 0 Å². The Morgan fingerprint density at radius 3 is 2.68 bits per heavy atom. The van der Waals surface area contributed by atoms with Crippen LogP contribution in [-0.4, -0.2) is 15.8 Å². The van der Waals surface area contributed by atoms with Crippen LogP contribution in [0.1, 0.15) is 57.4 Å². The standard InChI is InChI=1S/C16H29N3/c1-3-4-5-13-6-8-15(9-7-13)16(17)10-14-11-18-19(2)12-14/h11-13,15-16H,3-10,17H2,1-2H3. The van der Waals surface area contributed by atoms with Gasteiger partial charge in [0.25, 0.3) is 0 Å². The molecule has 0 aliphatic heterocycles. The average Bonchev–Trinajstić information content (AvgIpc) is 2.82. The second-order valence-corrected chi connectivity index (χ2v) is 6.31. The highest BCUT2D eigenvalue weighted by molar-refractivity contribution is 5.06. The third-order valence-corrected chi connectivity index (χ3v) is 4.69. The summed E-state index contributed by atoms with van der Waals surface area (Å²) in [4.78, 5) is 0. The molecule has 0 radical (unpaired) electrons. The summed E-state index contributed by atoms with van der Waals surface area (Å²) in [6, 6.07) is 0.316. The molecule has 1 atom stereocenters. The van der Waals surface area contributed by atoms with Gasteiger partial charge in [0.05, 0.1) is 6.20 Å². The first-order chi connectivity index (χ1) is 9.19. The lowest BCUT2D eigenvalue weighted by molar-refractivity contribution is 0.231. The van der Waals surface area contributed by atoms with Crippen molar-refractivity contribution in [3.05, 3.63) is 18.0 Å². The maximum atomic E-state index is 6.40. The third-order valence-electron chi connectivity index (χ3n) is 4.69. The third kappa shape index (κ3) is 4.34. The molecule has 1 saturated carbocycles. The predicted molar refractivity (Wildman–Crippen MR) is 79.9 cm³/mol. The molecule has 3 heteroatoms. The summed E-state index contributed by atoms with van der Waals surface area (Å²) in [5.41, 5.74) is 7.68. The highest BCUT2D eigenvalue weighted by atomic mass is 15.2. The molecular formula is C16H29N3. The molecule has 1 aromatic rings. The second kappa shape index (κ2) is 7.09. The molecule has 1 heterocycles. The van der Waals surface area contributed by atoms with E-state index in [1.165, 1.54) is 50.5 Å². The van der Waals surface area contributed by atoms with Gasteiger partial charge < -0.3 is 5.73 Å². The molecule has 0 saturated heterocycles. The van der Waals surface area contributed by atoms with Crippen molar-refractivity contribution in [1.29, 1.82) is 0 Å². The fraction of sp³-hybridized carbons (Fsp3) is 0.812. The Labute approximate surface area is 117 Å². The van der Waals surface area contributed by atoms with Gasteiger partial charge in [-0.05, 0) is 36.7 Å². The van der Waals surface area contributed by atoms with Crippen LogP contribution in [0, 0.1) is 11.8 Å². The van der Waals surface area contributed by atoms with E-state index in [4.69, 9.17) is 5.73 Å². The number of nitrogens with zero attached hydrogens (tertiary/aromatic N) is 2. The van der Waals surface area contributed by atoms with Crippen molar-refractivity contribution in [3.63, 3.8) is 0 Å². The Bertz CT molecular complexity index is 364. The van der Waals surface area contributed by atoms with Crippen LogP contribution in [-0.2, 0) is 13.5 Å². The van der Waals surface area contributed by atoms with Crippen LogP contribution in [0.3, 0.4) is 0 Å². The molecule has 1 fully saturated rings. The Kier molecular flexibility index (Phi) is 5.44. The zero-order valence-electron chi connectivity index (χ0n) is 12.5. The lowest BCUT2D eigenvalue weighted by atomic mass is 9.76. The van der Waals surface area contributed by atoms with Gasteiger partial charge in [0.1, 0.15) is 0 Å². The first-order valence-electron chi connectivity index (χ1n) is 7.92. The van der Waals surface area contributed by atoms with Gasteiger partial charge in [-0.25, -0.2) is 0 Å². The van der Waals surface area contributed by atoms with Gasteiger partial charge in [-0.1, -0.05) is 39.0 Å². The van der Waals surface area contributed by atoms with Gasteiger partial charge in [-0.3, -0.25) is 4.68 Å². The minimum Gasteiger partial charge on any atom is -0.327 e. The van der Waals surface area contributed by atoms with Crippen LogP contribution < -0.4 is 5.73 Å². The van der Waals surface area contributed by atoms with E-state index < -0.39 is 0 Å². The molecule has 3 nitrogen and oxygen atoms in total. The lowest BCUT2D eigenvalue weighted by Crippen LogP contribution is -2.34. The first kappa shape index (κ1) is 14.6. The van der Waals surface area contributed by atoms with Crippen molar-refractivity contribution >= 4 is 0 Å². The molecule has 1 unspecified atom stereocenters. The number of nitrogens with two attached hydrogens (primary N) is 1. The molecule has 2 N–H and O–H groups in total. The Hall–Kier alpha value is -0.830. The fourth-order valence-corrected chi connectivity index (χ4v) is 3.41. The zero-order valence-corrected chi connectivity index (χ0v) is 12.5. The van der Waals surface area contributed by atoms with Gasteiger partial charge >= 0.3 is 0 Å². The van der Waals surface area contributed by atoms with Crippen LogP contribution >= 0.6 is 0 Å². The number of hydrogen-bond acceptors (Lipinski definition) is 2. The Morgan fingerprint density at radius 1 is 1.37 bits per heavy atom. The lowest BCUT2D eigenvalue weighted by Gasteiger charge is -2.32. The van der Waals surface area contributed by atoms with Crippen molar-refractivity contribution in [2.24, 2.45) is 24.6 Å². The summed E-state index contributed by atoms with van der Waals surface area (Å²) in [5, 5.41) is 4.22. The molecule has 1 aromatic heterocycles. The number of unbranched alkanes of at least 4 members (excludes halogenated alkanes) is 1. The SMILES string of the molecule is CCCCC1CCC(C(N)Cc2cnn(C)c2)CC1. The molecule has 108 valence electrons. The van der Waals surface area contributed by atoms with Crippen LogP contribution in [0.2, 0.25) is 0 Å². The highest BCUT2D eigenvalue weighted by Crippen LogP contribution is 2.33. The van der Waals surface area contributed by atoms with Crippen molar-refractivity contribution in [1.82, 2.24) is 9.78 Å². The first-order valence-corrected chi connectivity index (χ1v) is 7.92. The summed E-state index contributed by atoms with van der Waals surface area (Å²) in [5.74, 6) is 1.69. The molecule has 0 spiro atoms. The Morgan fingerprint density at radius 2 is 2.11 bits per heavy atom. The fourth-order valence-electron chi connectivity index (χ4n) is 3.41. The maximum Gasteiger partial charge on any atom is 0.0522 e. The number of aryl methyl sites for hydroxylation is 1.